The maximum atomic E-state index is 6.06. The molecule has 2 unspecified atom stereocenters. The Bertz CT molecular complexity index is 379. The van der Waals surface area contributed by atoms with Crippen molar-refractivity contribution in [1.29, 1.82) is 0 Å². The standard InChI is InChI=1S/C16H26N2/c1-12-9-18(11-15(12)17)10-13-5-7-14(8-6-13)16(2,3)4/h5-8,12,15H,9-11,17H2,1-4H3. The second-order valence-electron chi connectivity index (χ2n) is 6.78. The molecule has 0 aliphatic carbocycles. The lowest BCUT2D eigenvalue weighted by Gasteiger charge is -2.20. The summed E-state index contributed by atoms with van der Waals surface area (Å²) in [5.41, 5.74) is 9.09. The van der Waals surface area contributed by atoms with Crippen LogP contribution >= 0.6 is 0 Å². The van der Waals surface area contributed by atoms with Gasteiger partial charge in [-0.1, -0.05) is 52.0 Å². The van der Waals surface area contributed by atoms with E-state index in [0.29, 0.717) is 12.0 Å². The van der Waals surface area contributed by atoms with Gasteiger partial charge in [0.1, 0.15) is 0 Å². The van der Waals surface area contributed by atoms with Crippen LogP contribution in [0.4, 0.5) is 0 Å². The van der Waals surface area contributed by atoms with Crippen LogP contribution in [-0.4, -0.2) is 24.0 Å². The van der Waals surface area contributed by atoms with E-state index < -0.39 is 0 Å². The molecule has 1 aromatic carbocycles. The Balaban J connectivity index is 1.99. The zero-order chi connectivity index (χ0) is 13.3. The Morgan fingerprint density at radius 2 is 1.78 bits per heavy atom. The molecule has 1 heterocycles. The number of benzene rings is 1. The lowest BCUT2D eigenvalue weighted by molar-refractivity contribution is 0.319. The fourth-order valence-electron chi connectivity index (χ4n) is 2.59. The van der Waals surface area contributed by atoms with Crippen molar-refractivity contribution in [3.63, 3.8) is 0 Å². The summed E-state index contributed by atoms with van der Waals surface area (Å²) in [6, 6.07) is 9.38. The Morgan fingerprint density at radius 3 is 2.22 bits per heavy atom. The van der Waals surface area contributed by atoms with Crippen LogP contribution in [0, 0.1) is 5.92 Å². The van der Waals surface area contributed by atoms with Crippen molar-refractivity contribution in [2.75, 3.05) is 13.1 Å². The monoisotopic (exact) mass is 246 g/mol. The highest BCUT2D eigenvalue weighted by molar-refractivity contribution is 5.27. The molecule has 0 radical (unpaired) electrons. The summed E-state index contributed by atoms with van der Waals surface area (Å²) in [6.45, 7) is 12.2. The lowest BCUT2D eigenvalue weighted by atomic mass is 9.87. The van der Waals surface area contributed by atoms with Gasteiger partial charge in [0.15, 0.2) is 0 Å². The van der Waals surface area contributed by atoms with E-state index in [2.05, 4.69) is 56.9 Å². The predicted molar refractivity (Wildman–Crippen MR) is 77.6 cm³/mol. The van der Waals surface area contributed by atoms with Gasteiger partial charge in [0.25, 0.3) is 0 Å². The number of rotatable bonds is 2. The van der Waals surface area contributed by atoms with Gasteiger partial charge in [-0.15, -0.1) is 0 Å². The molecule has 100 valence electrons. The minimum absolute atomic E-state index is 0.239. The van der Waals surface area contributed by atoms with Gasteiger partial charge in [0, 0.05) is 25.7 Å². The van der Waals surface area contributed by atoms with E-state index in [4.69, 9.17) is 5.73 Å². The molecule has 0 aromatic heterocycles. The number of likely N-dealkylation sites (tertiary alicyclic amines) is 1. The Kier molecular flexibility index (Phi) is 3.79. The summed E-state index contributed by atoms with van der Waals surface area (Å²) in [5.74, 6) is 0.624. The lowest BCUT2D eigenvalue weighted by Crippen LogP contribution is -2.28. The predicted octanol–water partition coefficient (Wildman–Crippen LogP) is 2.76. The highest BCUT2D eigenvalue weighted by Gasteiger charge is 2.26. The van der Waals surface area contributed by atoms with E-state index in [-0.39, 0.29) is 5.41 Å². The van der Waals surface area contributed by atoms with Crippen molar-refractivity contribution < 1.29 is 0 Å². The first-order valence-corrected chi connectivity index (χ1v) is 6.93. The van der Waals surface area contributed by atoms with Crippen LogP contribution < -0.4 is 5.73 Å². The third-order valence-corrected chi connectivity index (χ3v) is 3.97. The summed E-state index contributed by atoms with van der Waals surface area (Å²) in [5, 5.41) is 0. The molecule has 2 heteroatoms. The van der Waals surface area contributed by atoms with Crippen LogP contribution in [0.3, 0.4) is 0 Å². The van der Waals surface area contributed by atoms with Crippen LogP contribution in [0.2, 0.25) is 0 Å². The molecule has 0 amide bonds. The van der Waals surface area contributed by atoms with E-state index >= 15 is 0 Å². The third kappa shape index (κ3) is 3.12. The smallest absolute Gasteiger partial charge is 0.0234 e. The van der Waals surface area contributed by atoms with Crippen molar-refractivity contribution in [2.24, 2.45) is 11.7 Å². The molecule has 2 N–H and O–H groups in total. The molecule has 1 saturated heterocycles. The Labute approximate surface area is 111 Å². The van der Waals surface area contributed by atoms with E-state index in [1.165, 1.54) is 11.1 Å². The molecule has 1 aromatic rings. The normalized spacial score (nSPS) is 25.6. The average Bonchev–Trinajstić information content (AvgIpc) is 2.57. The van der Waals surface area contributed by atoms with Crippen LogP contribution in [0.1, 0.15) is 38.8 Å². The van der Waals surface area contributed by atoms with Crippen molar-refractivity contribution in [1.82, 2.24) is 4.90 Å². The summed E-state index contributed by atoms with van der Waals surface area (Å²) < 4.78 is 0. The second-order valence-corrected chi connectivity index (χ2v) is 6.78. The minimum Gasteiger partial charge on any atom is -0.326 e. The fraction of sp³-hybridized carbons (Fsp3) is 0.625. The Hall–Kier alpha value is -0.860. The second kappa shape index (κ2) is 5.02. The fourth-order valence-corrected chi connectivity index (χ4v) is 2.59. The zero-order valence-electron chi connectivity index (χ0n) is 12.1. The quantitative estimate of drug-likeness (QED) is 0.869. The molecule has 0 bridgehead atoms. The SMILES string of the molecule is CC1CN(Cc2ccc(C(C)(C)C)cc2)CC1N. The van der Waals surface area contributed by atoms with Crippen LogP contribution in [0.5, 0.6) is 0 Å². The van der Waals surface area contributed by atoms with Crippen molar-refractivity contribution in [3.8, 4) is 0 Å². The summed E-state index contributed by atoms with van der Waals surface area (Å²) in [4.78, 5) is 2.46. The molecule has 2 rings (SSSR count). The Morgan fingerprint density at radius 1 is 1.17 bits per heavy atom. The molecule has 1 aliphatic heterocycles. The molecular weight excluding hydrogens is 220 g/mol. The number of hydrogen-bond acceptors (Lipinski definition) is 2. The van der Waals surface area contributed by atoms with Crippen molar-refractivity contribution in [2.45, 2.75) is 45.7 Å². The van der Waals surface area contributed by atoms with Gasteiger partial charge in [0.05, 0.1) is 0 Å². The minimum atomic E-state index is 0.239. The van der Waals surface area contributed by atoms with Crippen LogP contribution in [-0.2, 0) is 12.0 Å². The largest absolute Gasteiger partial charge is 0.326 e. The maximum absolute atomic E-state index is 6.06. The van der Waals surface area contributed by atoms with Gasteiger partial charge < -0.3 is 5.73 Å². The van der Waals surface area contributed by atoms with E-state index in [9.17, 15) is 0 Å². The van der Waals surface area contributed by atoms with E-state index in [1.54, 1.807) is 0 Å². The molecular formula is C16H26N2. The summed E-state index contributed by atoms with van der Waals surface area (Å²) in [6.07, 6.45) is 0. The van der Waals surface area contributed by atoms with Gasteiger partial charge >= 0.3 is 0 Å². The first kappa shape index (κ1) is 13.6. The number of nitrogens with two attached hydrogens (primary N) is 1. The molecule has 0 spiro atoms. The topological polar surface area (TPSA) is 29.3 Å². The first-order chi connectivity index (χ1) is 8.36. The molecule has 18 heavy (non-hydrogen) atoms. The maximum Gasteiger partial charge on any atom is 0.0234 e. The highest BCUT2D eigenvalue weighted by Crippen LogP contribution is 2.23. The average molecular weight is 246 g/mol. The third-order valence-electron chi connectivity index (χ3n) is 3.97. The van der Waals surface area contributed by atoms with Gasteiger partial charge in [-0.25, -0.2) is 0 Å². The summed E-state index contributed by atoms with van der Waals surface area (Å²) in [7, 11) is 0. The van der Waals surface area contributed by atoms with Gasteiger partial charge in [-0.3, -0.25) is 4.90 Å². The zero-order valence-corrected chi connectivity index (χ0v) is 12.1. The first-order valence-electron chi connectivity index (χ1n) is 6.93. The molecule has 1 fully saturated rings. The van der Waals surface area contributed by atoms with Crippen molar-refractivity contribution >= 4 is 0 Å². The van der Waals surface area contributed by atoms with E-state index in [0.717, 1.165) is 19.6 Å². The molecule has 1 aliphatic rings. The van der Waals surface area contributed by atoms with Crippen LogP contribution in [0.15, 0.2) is 24.3 Å². The molecule has 0 saturated carbocycles. The molecule has 2 nitrogen and oxygen atoms in total. The van der Waals surface area contributed by atoms with Gasteiger partial charge in [0.2, 0.25) is 0 Å². The highest BCUT2D eigenvalue weighted by atomic mass is 15.2. The van der Waals surface area contributed by atoms with Crippen LogP contribution in [0.25, 0.3) is 0 Å². The van der Waals surface area contributed by atoms with Gasteiger partial charge in [-0.05, 0) is 22.5 Å². The van der Waals surface area contributed by atoms with Gasteiger partial charge in [-0.2, -0.15) is 0 Å². The number of hydrogen-bond donors (Lipinski definition) is 1. The van der Waals surface area contributed by atoms with Crippen molar-refractivity contribution in [3.05, 3.63) is 35.4 Å². The summed E-state index contributed by atoms with van der Waals surface area (Å²) >= 11 is 0. The van der Waals surface area contributed by atoms with E-state index in [1.807, 2.05) is 0 Å². The molecule has 2 atom stereocenters. The number of nitrogens with zero attached hydrogens (tertiary/aromatic N) is 1.